The van der Waals surface area contributed by atoms with Crippen LogP contribution in [0.4, 0.5) is 0 Å². The smallest absolute Gasteiger partial charge is 0.318 e. The van der Waals surface area contributed by atoms with E-state index in [9.17, 15) is 4.79 Å². The molecule has 0 rings (SSSR count). The van der Waals surface area contributed by atoms with Crippen LogP contribution in [0, 0.1) is 5.92 Å². The third kappa shape index (κ3) is 6.82. The van der Waals surface area contributed by atoms with Gasteiger partial charge in [-0.3, -0.25) is 4.79 Å². The average molecular weight is 232 g/mol. The van der Waals surface area contributed by atoms with E-state index in [2.05, 4.69) is 26.5 Å². The van der Waals surface area contributed by atoms with Crippen LogP contribution < -0.4 is 0 Å². The van der Waals surface area contributed by atoms with Gasteiger partial charge in [0.15, 0.2) is 0 Å². The number of carbonyl (C=O) groups excluding carboxylic acids is 1. The predicted octanol–water partition coefficient (Wildman–Crippen LogP) is 3.45. The van der Waals surface area contributed by atoms with Crippen LogP contribution in [0.25, 0.3) is 0 Å². The molecule has 0 aromatic heterocycles. The molecule has 0 saturated heterocycles. The number of esters is 1. The Kier molecular flexibility index (Phi) is 8.97. The largest absolute Gasteiger partial charge is 0.465 e. The van der Waals surface area contributed by atoms with Gasteiger partial charge in [0.2, 0.25) is 0 Å². The Morgan fingerprint density at radius 1 is 1.27 bits per heavy atom. The molecule has 2 atom stereocenters. The number of rotatable bonds is 8. The molecule has 0 heterocycles. The van der Waals surface area contributed by atoms with Crippen LogP contribution in [0.1, 0.15) is 52.9 Å². The van der Waals surface area contributed by atoms with Crippen molar-refractivity contribution >= 4 is 18.6 Å². The fourth-order valence-electron chi connectivity index (χ4n) is 1.36. The summed E-state index contributed by atoms with van der Waals surface area (Å²) in [5.74, 6) is 0.349. The molecule has 0 aliphatic rings. The second-order valence-electron chi connectivity index (χ2n) is 3.97. The number of hydrogen-bond acceptors (Lipinski definition) is 3. The molecule has 0 amide bonds. The lowest BCUT2D eigenvalue weighted by Gasteiger charge is -2.16. The molecule has 0 spiro atoms. The molecule has 3 heteroatoms. The Bertz CT molecular complexity index is 171. The summed E-state index contributed by atoms with van der Waals surface area (Å²) in [7, 11) is 0. The van der Waals surface area contributed by atoms with Crippen LogP contribution in [0.2, 0.25) is 0 Å². The minimum atomic E-state index is -0.256. The molecule has 2 nitrogen and oxygen atoms in total. The van der Waals surface area contributed by atoms with Gasteiger partial charge in [0, 0.05) is 0 Å². The van der Waals surface area contributed by atoms with Crippen LogP contribution >= 0.6 is 12.6 Å². The van der Waals surface area contributed by atoms with Gasteiger partial charge in [0.25, 0.3) is 0 Å². The van der Waals surface area contributed by atoms with Gasteiger partial charge in [-0.2, -0.15) is 12.6 Å². The maximum Gasteiger partial charge on any atom is 0.318 e. The van der Waals surface area contributed by atoms with E-state index in [4.69, 9.17) is 4.74 Å². The van der Waals surface area contributed by atoms with Gasteiger partial charge in [-0.15, -0.1) is 0 Å². The summed E-state index contributed by atoms with van der Waals surface area (Å²) in [6.45, 7) is 6.82. The molecule has 90 valence electrons. The molecule has 0 aliphatic carbocycles. The molecular weight excluding hydrogens is 208 g/mol. The van der Waals surface area contributed by atoms with Gasteiger partial charge >= 0.3 is 5.97 Å². The summed E-state index contributed by atoms with van der Waals surface area (Å²) in [5.41, 5.74) is 0. The first kappa shape index (κ1) is 14.8. The Hall–Kier alpha value is -0.180. The minimum Gasteiger partial charge on any atom is -0.465 e. The lowest BCUT2D eigenvalue weighted by molar-refractivity contribution is -0.144. The first-order valence-electron chi connectivity index (χ1n) is 6.00. The summed E-state index contributed by atoms with van der Waals surface area (Å²) < 4.78 is 5.23. The van der Waals surface area contributed by atoms with Crippen molar-refractivity contribution in [1.82, 2.24) is 0 Å². The molecule has 0 fully saturated rings. The fourth-order valence-corrected chi connectivity index (χ4v) is 1.44. The van der Waals surface area contributed by atoms with Crippen molar-refractivity contribution in [3.8, 4) is 0 Å². The molecule has 0 bridgehead atoms. The van der Waals surface area contributed by atoms with Gasteiger partial charge in [0.1, 0.15) is 0 Å². The van der Waals surface area contributed by atoms with Gasteiger partial charge in [-0.05, 0) is 18.8 Å². The van der Waals surface area contributed by atoms with E-state index < -0.39 is 0 Å². The van der Waals surface area contributed by atoms with Crippen LogP contribution in [-0.4, -0.2) is 17.8 Å². The van der Waals surface area contributed by atoms with Crippen molar-refractivity contribution in [1.29, 1.82) is 0 Å². The Balaban J connectivity index is 3.74. The van der Waals surface area contributed by atoms with Crippen molar-refractivity contribution in [3.63, 3.8) is 0 Å². The van der Waals surface area contributed by atoms with E-state index in [1.165, 1.54) is 12.8 Å². The first-order chi connectivity index (χ1) is 7.15. The van der Waals surface area contributed by atoms with Gasteiger partial charge in [-0.25, -0.2) is 0 Å². The highest BCUT2D eigenvalue weighted by molar-refractivity contribution is 7.81. The molecule has 15 heavy (non-hydrogen) atoms. The second-order valence-corrected chi connectivity index (χ2v) is 4.59. The highest BCUT2D eigenvalue weighted by Gasteiger charge is 2.15. The van der Waals surface area contributed by atoms with E-state index in [-0.39, 0.29) is 11.2 Å². The number of carbonyl (C=O) groups is 1. The summed E-state index contributed by atoms with van der Waals surface area (Å²) in [4.78, 5) is 11.4. The van der Waals surface area contributed by atoms with Crippen molar-refractivity contribution in [3.05, 3.63) is 0 Å². The van der Waals surface area contributed by atoms with Crippen molar-refractivity contribution < 1.29 is 9.53 Å². The average Bonchev–Trinajstić information content (AvgIpc) is 2.27. The topological polar surface area (TPSA) is 26.3 Å². The van der Waals surface area contributed by atoms with Crippen LogP contribution in [0.3, 0.4) is 0 Å². The number of ether oxygens (including phenoxy) is 1. The van der Waals surface area contributed by atoms with E-state index >= 15 is 0 Å². The standard InChI is InChI=1S/C12H24O2S/c1-4-7-8-10(5-2)9-14-12(13)11(15)6-3/h10-11,15H,4-9H2,1-3H3. The summed E-state index contributed by atoms with van der Waals surface area (Å²) in [5, 5.41) is -0.256. The molecule has 0 saturated carbocycles. The normalized spacial score (nSPS) is 14.7. The Morgan fingerprint density at radius 3 is 2.40 bits per heavy atom. The zero-order valence-electron chi connectivity index (χ0n) is 10.2. The van der Waals surface area contributed by atoms with E-state index in [0.29, 0.717) is 12.5 Å². The zero-order chi connectivity index (χ0) is 11.7. The van der Waals surface area contributed by atoms with Crippen LogP contribution in [-0.2, 0) is 9.53 Å². The molecular formula is C12H24O2S. The highest BCUT2D eigenvalue weighted by Crippen LogP contribution is 2.14. The maximum absolute atomic E-state index is 11.4. The zero-order valence-corrected chi connectivity index (χ0v) is 11.1. The number of unbranched alkanes of at least 4 members (excludes halogenated alkanes) is 1. The summed E-state index contributed by atoms with van der Waals surface area (Å²) >= 11 is 4.15. The van der Waals surface area contributed by atoms with Gasteiger partial charge < -0.3 is 4.74 Å². The lowest BCUT2D eigenvalue weighted by atomic mass is 10.0. The summed E-state index contributed by atoms with van der Waals surface area (Å²) in [6.07, 6.45) is 5.39. The molecule has 0 radical (unpaired) electrons. The van der Waals surface area contributed by atoms with Crippen molar-refractivity contribution in [2.24, 2.45) is 5.92 Å². The van der Waals surface area contributed by atoms with Crippen LogP contribution in [0.5, 0.6) is 0 Å². The minimum absolute atomic E-state index is 0.171. The predicted molar refractivity (Wildman–Crippen MR) is 67.3 cm³/mol. The quantitative estimate of drug-likeness (QED) is 0.512. The van der Waals surface area contributed by atoms with E-state index in [1.54, 1.807) is 0 Å². The molecule has 0 aromatic carbocycles. The van der Waals surface area contributed by atoms with E-state index in [1.807, 2.05) is 6.92 Å². The molecule has 0 aromatic rings. The fraction of sp³-hybridized carbons (Fsp3) is 0.917. The SMILES string of the molecule is CCCCC(CC)COC(=O)C(S)CC. The summed E-state index contributed by atoms with van der Waals surface area (Å²) in [6, 6.07) is 0. The lowest BCUT2D eigenvalue weighted by Crippen LogP contribution is -2.21. The number of hydrogen-bond donors (Lipinski definition) is 1. The third-order valence-corrected chi connectivity index (χ3v) is 3.24. The van der Waals surface area contributed by atoms with Gasteiger partial charge in [0.05, 0.1) is 11.9 Å². The van der Waals surface area contributed by atoms with Crippen molar-refractivity contribution in [2.75, 3.05) is 6.61 Å². The monoisotopic (exact) mass is 232 g/mol. The van der Waals surface area contributed by atoms with Crippen molar-refractivity contribution in [2.45, 2.75) is 58.1 Å². The number of thiol groups is 1. The van der Waals surface area contributed by atoms with Crippen LogP contribution in [0.15, 0.2) is 0 Å². The molecule has 2 unspecified atom stereocenters. The highest BCUT2D eigenvalue weighted by atomic mass is 32.1. The second kappa shape index (κ2) is 9.08. The maximum atomic E-state index is 11.4. The molecule has 0 aliphatic heterocycles. The van der Waals surface area contributed by atoms with Gasteiger partial charge in [-0.1, -0.05) is 40.0 Å². The third-order valence-electron chi connectivity index (χ3n) is 2.66. The Morgan fingerprint density at radius 2 is 1.93 bits per heavy atom. The Labute approximate surface area is 99.2 Å². The first-order valence-corrected chi connectivity index (χ1v) is 6.51. The molecule has 0 N–H and O–H groups in total. The van der Waals surface area contributed by atoms with E-state index in [0.717, 1.165) is 19.3 Å².